The van der Waals surface area contributed by atoms with Crippen LogP contribution in [0, 0.1) is 0 Å². The molecule has 0 spiro atoms. The molecule has 0 atom stereocenters. The summed E-state index contributed by atoms with van der Waals surface area (Å²) in [5, 5.41) is 0. The van der Waals surface area contributed by atoms with Crippen molar-refractivity contribution < 1.29 is 4.74 Å². The Morgan fingerprint density at radius 3 is 2.68 bits per heavy atom. The second kappa shape index (κ2) is 4.53. The largest absolute Gasteiger partial charge is 0.474 e. The second-order valence-electron chi connectivity index (χ2n) is 5.26. The van der Waals surface area contributed by atoms with Crippen molar-refractivity contribution >= 4 is 21.8 Å². The number of nitrogens with one attached hydrogen (secondary N) is 1. The topological polar surface area (TPSA) is 37.4 Å². The van der Waals surface area contributed by atoms with E-state index in [2.05, 4.69) is 45.8 Å². The van der Waals surface area contributed by atoms with E-state index in [1.54, 1.807) is 0 Å². The van der Waals surface area contributed by atoms with Crippen LogP contribution in [-0.4, -0.2) is 23.0 Å². The first-order valence-corrected chi connectivity index (χ1v) is 7.01. The molecule has 1 aromatic heterocycles. The van der Waals surface area contributed by atoms with Gasteiger partial charge < -0.3 is 9.72 Å². The Labute approximate surface area is 120 Å². The third-order valence-corrected chi connectivity index (χ3v) is 3.78. The van der Waals surface area contributed by atoms with Gasteiger partial charge in [-0.3, -0.25) is 0 Å². The summed E-state index contributed by atoms with van der Waals surface area (Å²) in [6, 6.07) is 10.2. The lowest BCUT2D eigenvalue weighted by atomic mass is 10.1. The van der Waals surface area contributed by atoms with E-state index in [4.69, 9.17) is 4.74 Å². The minimum Gasteiger partial charge on any atom is -0.474 e. The molecule has 1 aromatic carbocycles. The predicted octanol–water partition coefficient (Wildman–Crippen LogP) is 4.00. The number of rotatable bonds is 2. The molecule has 3 nitrogen and oxygen atoms in total. The van der Waals surface area contributed by atoms with Gasteiger partial charge in [0.05, 0.1) is 5.54 Å². The average molecular weight is 319 g/mol. The number of hydrogen-bond acceptors (Lipinski definition) is 2. The molecular formula is C15H15BrN2O. The van der Waals surface area contributed by atoms with Gasteiger partial charge in [0, 0.05) is 16.2 Å². The highest BCUT2D eigenvalue weighted by atomic mass is 79.9. The molecule has 1 N–H and O–H groups in total. The summed E-state index contributed by atoms with van der Waals surface area (Å²) in [4.78, 5) is 7.86. The van der Waals surface area contributed by atoms with E-state index in [1.165, 1.54) is 0 Å². The normalized spacial score (nSPS) is 17.1. The molecule has 1 aliphatic rings. The van der Waals surface area contributed by atoms with Crippen LogP contribution >= 0.6 is 15.9 Å². The number of aromatic amines is 1. The fourth-order valence-corrected chi connectivity index (χ4v) is 2.66. The fraction of sp³-hybridized carbons (Fsp3) is 0.267. The molecular weight excluding hydrogens is 304 g/mol. The molecule has 2 aromatic rings. The van der Waals surface area contributed by atoms with Crippen LogP contribution in [0.1, 0.15) is 19.5 Å². The summed E-state index contributed by atoms with van der Waals surface area (Å²) in [6.45, 7) is 4.76. The van der Waals surface area contributed by atoms with Crippen molar-refractivity contribution in [1.29, 1.82) is 0 Å². The van der Waals surface area contributed by atoms with E-state index in [0.717, 1.165) is 21.3 Å². The molecule has 2 heterocycles. The van der Waals surface area contributed by atoms with Gasteiger partial charge in [0.2, 0.25) is 5.90 Å². The van der Waals surface area contributed by atoms with Gasteiger partial charge in [-0.05, 0) is 31.5 Å². The Morgan fingerprint density at radius 1 is 1.21 bits per heavy atom. The highest BCUT2D eigenvalue weighted by molar-refractivity contribution is 9.10. The maximum absolute atomic E-state index is 5.72. The Morgan fingerprint density at radius 2 is 2.00 bits per heavy atom. The summed E-state index contributed by atoms with van der Waals surface area (Å²) in [7, 11) is 0. The highest BCUT2D eigenvalue weighted by Gasteiger charge is 2.29. The zero-order valence-electron chi connectivity index (χ0n) is 10.9. The lowest BCUT2D eigenvalue weighted by Gasteiger charge is -2.07. The first kappa shape index (κ1) is 12.5. The lowest BCUT2D eigenvalue weighted by Crippen LogP contribution is -2.17. The molecule has 0 unspecified atom stereocenters. The molecule has 4 heteroatoms. The molecule has 1 aliphatic heterocycles. The van der Waals surface area contributed by atoms with Crippen LogP contribution in [0.15, 0.2) is 46.0 Å². The lowest BCUT2D eigenvalue weighted by molar-refractivity contribution is 0.279. The summed E-state index contributed by atoms with van der Waals surface area (Å²) in [6.07, 6.45) is 1.92. The number of halogens is 1. The molecule has 0 radical (unpaired) electrons. The quantitative estimate of drug-likeness (QED) is 0.892. The van der Waals surface area contributed by atoms with E-state index in [-0.39, 0.29) is 5.54 Å². The maximum atomic E-state index is 5.72. The summed E-state index contributed by atoms with van der Waals surface area (Å²) in [5.41, 5.74) is 3.03. The minimum atomic E-state index is -0.147. The van der Waals surface area contributed by atoms with E-state index < -0.39 is 0 Å². The summed E-state index contributed by atoms with van der Waals surface area (Å²) in [5.74, 6) is 0.695. The van der Waals surface area contributed by atoms with Gasteiger partial charge in [-0.1, -0.05) is 34.1 Å². The number of ether oxygens (including phenoxy) is 1. The first-order valence-electron chi connectivity index (χ1n) is 6.22. The van der Waals surface area contributed by atoms with Crippen LogP contribution < -0.4 is 0 Å². The zero-order valence-corrected chi connectivity index (χ0v) is 12.5. The Hall–Kier alpha value is -1.55. The Balaban J connectivity index is 2.08. The number of nitrogens with zero attached hydrogens (tertiary/aromatic N) is 1. The molecule has 0 amide bonds. The van der Waals surface area contributed by atoms with Crippen molar-refractivity contribution in [2.45, 2.75) is 19.4 Å². The zero-order chi connectivity index (χ0) is 13.5. The molecule has 0 saturated carbocycles. The van der Waals surface area contributed by atoms with E-state index in [1.807, 2.05) is 30.5 Å². The summed E-state index contributed by atoms with van der Waals surface area (Å²) >= 11 is 3.59. The van der Waals surface area contributed by atoms with Gasteiger partial charge in [-0.15, -0.1) is 0 Å². The third-order valence-electron chi connectivity index (χ3n) is 3.09. The molecule has 0 fully saturated rings. The van der Waals surface area contributed by atoms with E-state index >= 15 is 0 Å². The number of aliphatic imine (C=N–C) groups is 1. The molecule has 0 bridgehead atoms. The monoisotopic (exact) mass is 318 g/mol. The second-order valence-corrected chi connectivity index (χ2v) is 6.12. The first-order chi connectivity index (χ1) is 9.07. The van der Waals surface area contributed by atoms with Crippen LogP contribution in [0.4, 0.5) is 0 Å². The van der Waals surface area contributed by atoms with Gasteiger partial charge in [0.25, 0.3) is 0 Å². The van der Waals surface area contributed by atoms with E-state index in [0.29, 0.717) is 12.5 Å². The molecule has 0 saturated heterocycles. The van der Waals surface area contributed by atoms with Crippen molar-refractivity contribution in [3.05, 3.63) is 46.7 Å². The van der Waals surface area contributed by atoms with Crippen molar-refractivity contribution in [3.63, 3.8) is 0 Å². The van der Waals surface area contributed by atoms with Crippen LogP contribution in [0.3, 0.4) is 0 Å². The molecule has 0 aliphatic carbocycles. The van der Waals surface area contributed by atoms with Gasteiger partial charge in [0.1, 0.15) is 12.3 Å². The highest BCUT2D eigenvalue weighted by Crippen LogP contribution is 2.32. The van der Waals surface area contributed by atoms with Gasteiger partial charge >= 0.3 is 0 Å². The summed E-state index contributed by atoms with van der Waals surface area (Å²) < 4.78 is 6.78. The third kappa shape index (κ3) is 2.32. The van der Waals surface area contributed by atoms with Gasteiger partial charge in [0.15, 0.2) is 0 Å². The van der Waals surface area contributed by atoms with E-state index in [9.17, 15) is 0 Å². The Bertz CT molecular complexity index is 643. The van der Waals surface area contributed by atoms with Crippen LogP contribution in [-0.2, 0) is 4.74 Å². The predicted molar refractivity (Wildman–Crippen MR) is 80.5 cm³/mol. The standard InChI is InChI=1S/C15H15BrN2O/c1-15(2)9-19-14(18-15)13-11(7-8-17-13)10-5-3-4-6-12(10)16/h3-8,17H,9H2,1-2H3. The average Bonchev–Trinajstić information content (AvgIpc) is 2.96. The van der Waals surface area contributed by atoms with Crippen molar-refractivity contribution in [2.24, 2.45) is 4.99 Å². The molecule has 98 valence electrons. The number of benzene rings is 1. The van der Waals surface area contributed by atoms with Gasteiger partial charge in [-0.25, -0.2) is 4.99 Å². The Kier molecular flexibility index (Phi) is 2.97. The van der Waals surface area contributed by atoms with Gasteiger partial charge in [-0.2, -0.15) is 0 Å². The molecule has 19 heavy (non-hydrogen) atoms. The molecule has 3 rings (SSSR count). The number of aromatic nitrogens is 1. The minimum absolute atomic E-state index is 0.147. The maximum Gasteiger partial charge on any atom is 0.234 e. The van der Waals surface area contributed by atoms with Crippen LogP contribution in [0.2, 0.25) is 0 Å². The SMILES string of the molecule is CC1(C)COC(c2[nH]ccc2-c2ccccc2Br)=N1. The number of H-pyrrole nitrogens is 1. The van der Waals surface area contributed by atoms with Crippen LogP contribution in [0.25, 0.3) is 11.1 Å². The van der Waals surface area contributed by atoms with Crippen LogP contribution in [0.5, 0.6) is 0 Å². The van der Waals surface area contributed by atoms with Crippen molar-refractivity contribution in [1.82, 2.24) is 4.98 Å². The van der Waals surface area contributed by atoms with Crippen molar-refractivity contribution in [2.75, 3.05) is 6.61 Å². The number of hydrogen-bond donors (Lipinski definition) is 1. The van der Waals surface area contributed by atoms with Crippen molar-refractivity contribution in [3.8, 4) is 11.1 Å². The smallest absolute Gasteiger partial charge is 0.234 e. The fourth-order valence-electron chi connectivity index (χ4n) is 2.16.